The van der Waals surface area contributed by atoms with Gasteiger partial charge in [-0.2, -0.15) is 12.6 Å². The summed E-state index contributed by atoms with van der Waals surface area (Å²) in [6.07, 6.45) is 0. The molecule has 0 atom stereocenters. The fourth-order valence-electron chi connectivity index (χ4n) is 1.45. The minimum Gasteiger partial charge on any atom is -0.497 e. The highest BCUT2D eigenvalue weighted by Crippen LogP contribution is 2.25. The summed E-state index contributed by atoms with van der Waals surface area (Å²) in [6, 6.07) is 5.53. The van der Waals surface area contributed by atoms with Crippen molar-refractivity contribution in [2.75, 3.05) is 27.0 Å². The van der Waals surface area contributed by atoms with E-state index in [1.807, 2.05) is 12.1 Å². The fourth-order valence-corrected chi connectivity index (χ4v) is 1.69. The number of thiol groups is 1. The lowest BCUT2D eigenvalue weighted by atomic mass is 10.2. The number of hydrogen-bond donors (Lipinski definition) is 1. The quantitative estimate of drug-likeness (QED) is 0.812. The number of benzene rings is 1. The monoisotopic (exact) mass is 255 g/mol. The van der Waals surface area contributed by atoms with E-state index in [-0.39, 0.29) is 11.7 Å². The number of hydrogen-bond acceptors (Lipinski definition) is 4. The molecule has 0 aliphatic carbocycles. The Labute approximate surface area is 107 Å². The van der Waals surface area contributed by atoms with Crippen molar-refractivity contribution in [2.24, 2.45) is 0 Å². The van der Waals surface area contributed by atoms with Crippen molar-refractivity contribution in [3.05, 3.63) is 23.8 Å². The normalized spacial score (nSPS) is 9.88. The largest absolute Gasteiger partial charge is 0.497 e. The number of carbonyl (C=O) groups excluding carboxylic acids is 1. The van der Waals surface area contributed by atoms with Crippen LogP contribution in [0.25, 0.3) is 0 Å². The van der Waals surface area contributed by atoms with Crippen LogP contribution in [0.2, 0.25) is 0 Å². The molecule has 0 bridgehead atoms. The standard InChI is InChI=1S/C12H17NO3S/c1-13(12(14)8-17)7-9-4-5-10(15-2)6-11(9)16-3/h4-6,17H,7-8H2,1-3H3. The van der Waals surface area contributed by atoms with Gasteiger partial charge in [-0.25, -0.2) is 0 Å². The van der Waals surface area contributed by atoms with E-state index in [1.165, 1.54) is 0 Å². The molecular weight excluding hydrogens is 238 g/mol. The van der Waals surface area contributed by atoms with Gasteiger partial charge in [-0.1, -0.05) is 0 Å². The molecule has 0 N–H and O–H groups in total. The molecule has 5 heteroatoms. The van der Waals surface area contributed by atoms with E-state index in [9.17, 15) is 4.79 Å². The topological polar surface area (TPSA) is 38.8 Å². The second kappa shape index (κ2) is 6.39. The van der Waals surface area contributed by atoms with E-state index in [1.54, 1.807) is 32.2 Å². The van der Waals surface area contributed by atoms with Crippen LogP contribution in [0.5, 0.6) is 11.5 Å². The summed E-state index contributed by atoms with van der Waals surface area (Å²) >= 11 is 3.96. The van der Waals surface area contributed by atoms with E-state index in [0.717, 1.165) is 11.3 Å². The Morgan fingerprint density at radius 3 is 2.59 bits per heavy atom. The summed E-state index contributed by atoms with van der Waals surface area (Å²) in [5.74, 6) is 1.62. The second-order valence-corrected chi connectivity index (χ2v) is 3.90. The smallest absolute Gasteiger partial charge is 0.232 e. The van der Waals surface area contributed by atoms with Crippen LogP contribution in [0.1, 0.15) is 5.56 Å². The molecule has 0 aliphatic rings. The highest BCUT2D eigenvalue weighted by Gasteiger charge is 2.11. The molecule has 94 valence electrons. The predicted molar refractivity (Wildman–Crippen MR) is 69.9 cm³/mol. The number of rotatable bonds is 5. The molecule has 0 aliphatic heterocycles. The molecule has 1 aromatic rings. The van der Waals surface area contributed by atoms with Crippen molar-refractivity contribution in [1.29, 1.82) is 0 Å². The van der Waals surface area contributed by atoms with E-state index in [4.69, 9.17) is 9.47 Å². The Balaban J connectivity index is 2.87. The van der Waals surface area contributed by atoms with Crippen LogP contribution in [0.15, 0.2) is 18.2 Å². The highest BCUT2D eigenvalue weighted by molar-refractivity contribution is 7.81. The van der Waals surface area contributed by atoms with Crippen molar-refractivity contribution in [3.8, 4) is 11.5 Å². The van der Waals surface area contributed by atoms with Crippen molar-refractivity contribution < 1.29 is 14.3 Å². The Morgan fingerprint density at radius 2 is 2.06 bits per heavy atom. The van der Waals surface area contributed by atoms with Gasteiger partial charge in [0.05, 0.1) is 20.0 Å². The first-order chi connectivity index (χ1) is 8.12. The molecule has 0 heterocycles. The summed E-state index contributed by atoms with van der Waals surface area (Å²) < 4.78 is 10.4. The highest BCUT2D eigenvalue weighted by atomic mass is 32.1. The lowest BCUT2D eigenvalue weighted by molar-refractivity contribution is -0.127. The molecule has 1 aromatic carbocycles. The van der Waals surface area contributed by atoms with Gasteiger partial charge >= 0.3 is 0 Å². The molecule has 4 nitrogen and oxygen atoms in total. The zero-order chi connectivity index (χ0) is 12.8. The van der Waals surface area contributed by atoms with Crippen LogP contribution in [0.4, 0.5) is 0 Å². The average Bonchev–Trinajstić information content (AvgIpc) is 2.37. The number of ether oxygens (including phenoxy) is 2. The summed E-state index contributed by atoms with van der Waals surface area (Å²) in [6.45, 7) is 0.493. The first-order valence-electron chi connectivity index (χ1n) is 5.18. The molecular formula is C12H17NO3S. The van der Waals surface area contributed by atoms with Crippen molar-refractivity contribution >= 4 is 18.5 Å². The van der Waals surface area contributed by atoms with Gasteiger partial charge < -0.3 is 14.4 Å². The van der Waals surface area contributed by atoms with Crippen LogP contribution < -0.4 is 9.47 Å². The minimum absolute atomic E-state index is 0.0220. The van der Waals surface area contributed by atoms with Crippen molar-refractivity contribution in [1.82, 2.24) is 4.90 Å². The van der Waals surface area contributed by atoms with Gasteiger partial charge in [0.25, 0.3) is 0 Å². The lowest BCUT2D eigenvalue weighted by Gasteiger charge is -2.18. The van der Waals surface area contributed by atoms with Gasteiger partial charge in [0.15, 0.2) is 0 Å². The molecule has 0 aromatic heterocycles. The summed E-state index contributed by atoms with van der Waals surface area (Å²) in [5, 5.41) is 0. The molecule has 1 amide bonds. The van der Waals surface area contributed by atoms with E-state index in [2.05, 4.69) is 12.6 Å². The predicted octanol–water partition coefficient (Wildman–Crippen LogP) is 1.59. The third-order valence-electron chi connectivity index (χ3n) is 2.46. The van der Waals surface area contributed by atoms with Crippen LogP contribution in [0.3, 0.4) is 0 Å². The number of amides is 1. The van der Waals surface area contributed by atoms with Crippen LogP contribution in [0, 0.1) is 0 Å². The van der Waals surface area contributed by atoms with Gasteiger partial charge in [0, 0.05) is 25.2 Å². The van der Waals surface area contributed by atoms with E-state index >= 15 is 0 Å². The Bertz CT molecular complexity index is 395. The van der Waals surface area contributed by atoms with Crippen LogP contribution in [-0.4, -0.2) is 37.8 Å². The van der Waals surface area contributed by atoms with Crippen molar-refractivity contribution in [3.63, 3.8) is 0 Å². The third-order valence-corrected chi connectivity index (χ3v) is 2.73. The molecule has 1 rings (SSSR count). The Kier molecular flexibility index (Phi) is 5.15. The summed E-state index contributed by atoms with van der Waals surface area (Å²) in [4.78, 5) is 13.0. The Hall–Kier alpha value is -1.36. The van der Waals surface area contributed by atoms with Crippen molar-refractivity contribution in [2.45, 2.75) is 6.54 Å². The summed E-state index contributed by atoms with van der Waals surface area (Å²) in [5.41, 5.74) is 0.936. The van der Waals surface area contributed by atoms with Gasteiger partial charge in [-0.3, -0.25) is 4.79 Å². The molecule has 0 spiro atoms. The molecule has 0 fully saturated rings. The van der Waals surface area contributed by atoms with Crippen LogP contribution in [-0.2, 0) is 11.3 Å². The number of nitrogens with zero attached hydrogens (tertiary/aromatic N) is 1. The van der Waals surface area contributed by atoms with Gasteiger partial charge in [-0.05, 0) is 12.1 Å². The first-order valence-corrected chi connectivity index (χ1v) is 5.81. The number of methoxy groups -OCH3 is 2. The van der Waals surface area contributed by atoms with Crippen LogP contribution >= 0.6 is 12.6 Å². The lowest BCUT2D eigenvalue weighted by Crippen LogP contribution is -2.27. The first kappa shape index (κ1) is 13.7. The maximum atomic E-state index is 11.4. The second-order valence-electron chi connectivity index (χ2n) is 3.59. The maximum Gasteiger partial charge on any atom is 0.232 e. The minimum atomic E-state index is -0.0220. The van der Waals surface area contributed by atoms with Gasteiger partial charge in [0.1, 0.15) is 11.5 Å². The zero-order valence-corrected chi connectivity index (χ0v) is 11.2. The van der Waals surface area contributed by atoms with Gasteiger partial charge in [-0.15, -0.1) is 0 Å². The maximum absolute atomic E-state index is 11.4. The third kappa shape index (κ3) is 3.56. The van der Waals surface area contributed by atoms with Gasteiger partial charge in [0.2, 0.25) is 5.91 Å². The molecule has 0 saturated heterocycles. The Morgan fingerprint density at radius 1 is 1.35 bits per heavy atom. The molecule has 0 unspecified atom stereocenters. The van der Waals surface area contributed by atoms with E-state index < -0.39 is 0 Å². The SMILES string of the molecule is COc1ccc(CN(C)C(=O)CS)c(OC)c1. The molecule has 0 radical (unpaired) electrons. The average molecular weight is 255 g/mol. The summed E-state index contributed by atoms with van der Waals surface area (Å²) in [7, 11) is 4.94. The fraction of sp³-hybridized carbons (Fsp3) is 0.417. The molecule has 0 saturated carbocycles. The molecule has 17 heavy (non-hydrogen) atoms. The zero-order valence-electron chi connectivity index (χ0n) is 10.3. The number of carbonyl (C=O) groups is 1. The van der Waals surface area contributed by atoms with E-state index in [0.29, 0.717) is 12.3 Å².